The first-order valence-corrected chi connectivity index (χ1v) is 7.27. The predicted octanol–water partition coefficient (Wildman–Crippen LogP) is 3.19. The fourth-order valence-corrected chi connectivity index (χ4v) is 2.22. The molecule has 0 unspecified atom stereocenters. The standard InChI is InChI=1S/C16H13ClN2O5/c17-12-5-1-10(2-6-12)14(9-15(20)21)18-16(22)11-3-7-13(8-4-11)19(23)24/h1-8,14H,9H2,(H,18,22)(H,20,21)/t14-/m0/s1. The summed E-state index contributed by atoms with van der Waals surface area (Å²) in [5, 5.41) is 22.8. The Morgan fingerprint density at radius 2 is 1.71 bits per heavy atom. The number of non-ortho nitro benzene ring substituents is 1. The smallest absolute Gasteiger partial charge is 0.305 e. The lowest BCUT2D eigenvalue weighted by Gasteiger charge is -2.17. The summed E-state index contributed by atoms with van der Waals surface area (Å²) in [6, 6.07) is 10.8. The fraction of sp³-hybridized carbons (Fsp3) is 0.125. The Hall–Kier alpha value is -2.93. The maximum atomic E-state index is 12.3. The first-order valence-electron chi connectivity index (χ1n) is 6.89. The highest BCUT2D eigenvalue weighted by Crippen LogP contribution is 2.20. The summed E-state index contributed by atoms with van der Waals surface area (Å²) in [7, 11) is 0. The molecule has 0 heterocycles. The van der Waals surface area contributed by atoms with Crippen LogP contribution in [-0.2, 0) is 4.79 Å². The minimum atomic E-state index is -1.07. The summed E-state index contributed by atoms with van der Waals surface area (Å²) in [5.41, 5.74) is 0.661. The molecule has 0 radical (unpaired) electrons. The molecule has 0 aliphatic rings. The van der Waals surface area contributed by atoms with Crippen LogP contribution in [0.25, 0.3) is 0 Å². The molecule has 1 amide bonds. The van der Waals surface area contributed by atoms with Crippen molar-refractivity contribution < 1.29 is 19.6 Å². The van der Waals surface area contributed by atoms with E-state index in [9.17, 15) is 19.7 Å². The maximum Gasteiger partial charge on any atom is 0.305 e. The number of aliphatic carboxylic acids is 1. The van der Waals surface area contributed by atoms with E-state index in [2.05, 4.69) is 5.32 Å². The van der Waals surface area contributed by atoms with Crippen molar-refractivity contribution in [3.8, 4) is 0 Å². The molecule has 0 bridgehead atoms. The predicted molar refractivity (Wildman–Crippen MR) is 87.0 cm³/mol. The van der Waals surface area contributed by atoms with Gasteiger partial charge in [0.25, 0.3) is 11.6 Å². The van der Waals surface area contributed by atoms with Gasteiger partial charge in [-0.05, 0) is 29.8 Å². The summed E-state index contributed by atoms with van der Waals surface area (Å²) < 4.78 is 0. The molecule has 2 aromatic rings. The molecule has 2 N–H and O–H groups in total. The zero-order valence-electron chi connectivity index (χ0n) is 12.3. The third-order valence-corrected chi connectivity index (χ3v) is 3.55. The van der Waals surface area contributed by atoms with Gasteiger partial charge in [-0.1, -0.05) is 23.7 Å². The van der Waals surface area contributed by atoms with Gasteiger partial charge in [0, 0.05) is 22.7 Å². The minimum Gasteiger partial charge on any atom is -0.481 e. The quantitative estimate of drug-likeness (QED) is 0.615. The number of nitro groups is 1. The zero-order valence-corrected chi connectivity index (χ0v) is 13.1. The van der Waals surface area contributed by atoms with E-state index in [1.807, 2.05) is 0 Å². The van der Waals surface area contributed by atoms with Crippen molar-refractivity contribution in [3.05, 3.63) is 74.8 Å². The van der Waals surface area contributed by atoms with Crippen LogP contribution in [0.2, 0.25) is 5.02 Å². The molecule has 1 atom stereocenters. The topological polar surface area (TPSA) is 110 Å². The van der Waals surface area contributed by atoms with E-state index in [1.54, 1.807) is 24.3 Å². The number of carbonyl (C=O) groups excluding carboxylic acids is 1. The number of hydrogen-bond donors (Lipinski definition) is 2. The van der Waals surface area contributed by atoms with Crippen molar-refractivity contribution >= 4 is 29.2 Å². The minimum absolute atomic E-state index is 0.133. The molecule has 0 aromatic heterocycles. The average molecular weight is 349 g/mol. The van der Waals surface area contributed by atoms with Gasteiger partial charge in [0.15, 0.2) is 0 Å². The molecule has 8 heteroatoms. The number of amides is 1. The summed E-state index contributed by atoms with van der Waals surface area (Å²) in [4.78, 5) is 33.3. The lowest BCUT2D eigenvalue weighted by atomic mass is 10.0. The number of benzene rings is 2. The Labute approximate surface area is 142 Å². The molecular formula is C16H13ClN2O5. The van der Waals surface area contributed by atoms with Crippen LogP contribution < -0.4 is 5.32 Å². The third-order valence-electron chi connectivity index (χ3n) is 3.30. The fourth-order valence-electron chi connectivity index (χ4n) is 2.10. The highest BCUT2D eigenvalue weighted by molar-refractivity contribution is 6.30. The Kier molecular flexibility index (Phi) is 5.49. The lowest BCUT2D eigenvalue weighted by molar-refractivity contribution is -0.384. The van der Waals surface area contributed by atoms with Crippen LogP contribution in [0, 0.1) is 10.1 Å². The van der Waals surface area contributed by atoms with Crippen LogP contribution in [0.3, 0.4) is 0 Å². The van der Waals surface area contributed by atoms with Crippen molar-refractivity contribution in [2.24, 2.45) is 0 Å². The molecule has 24 heavy (non-hydrogen) atoms. The van der Waals surface area contributed by atoms with E-state index in [0.29, 0.717) is 10.6 Å². The molecule has 0 aliphatic carbocycles. The first-order chi connectivity index (χ1) is 11.4. The molecule has 0 fully saturated rings. The van der Waals surface area contributed by atoms with Gasteiger partial charge in [-0.25, -0.2) is 0 Å². The van der Waals surface area contributed by atoms with E-state index < -0.39 is 22.8 Å². The van der Waals surface area contributed by atoms with Crippen LogP contribution in [0.5, 0.6) is 0 Å². The highest BCUT2D eigenvalue weighted by Gasteiger charge is 2.19. The second-order valence-electron chi connectivity index (χ2n) is 4.98. The SMILES string of the molecule is O=C(O)C[C@H](NC(=O)c1ccc([N+](=O)[O-])cc1)c1ccc(Cl)cc1. The van der Waals surface area contributed by atoms with Crippen LogP contribution in [0.1, 0.15) is 28.4 Å². The average Bonchev–Trinajstić information content (AvgIpc) is 2.54. The summed E-state index contributed by atoms with van der Waals surface area (Å²) in [5.74, 6) is -1.59. The van der Waals surface area contributed by atoms with Crippen molar-refractivity contribution in [2.45, 2.75) is 12.5 Å². The number of nitrogens with one attached hydrogen (secondary N) is 1. The van der Waals surface area contributed by atoms with E-state index in [4.69, 9.17) is 16.7 Å². The number of nitrogens with zero attached hydrogens (tertiary/aromatic N) is 1. The number of halogens is 1. The normalized spacial score (nSPS) is 11.5. The van der Waals surface area contributed by atoms with Crippen LogP contribution in [-0.4, -0.2) is 21.9 Å². The Morgan fingerprint density at radius 1 is 1.12 bits per heavy atom. The van der Waals surface area contributed by atoms with Crippen molar-refractivity contribution in [2.75, 3.05) is 0 Å². The maximum absolute atomic E-state index is 12.3. The molecular weight excluding hydrogens is 336 g/mol. The van der Waals surface area contributed by atoms with E-state index >= 15 is 0 Å². The Balaban J connectivity index is 2.18. The van der Waals surface area contributed by atoms with Crippen LogP contribution >= 0.6 is 11.6 Å². The van der Waals surface area contributed by atoms with Gasteiger partial charge < -0.3 is 10.4 Å². The molecule has 7 nitrogen and oxygen atoms in total. The summed E-state index contributed by atoms with van der Waals surface area (Å²) >= 11 is 5.81. The second kappa shape index (κ2) is 7.56. The highest BCUT2D eigenvalue weighted by atomic mass is 35.5. The van der Waals surface area contributed by atoms with Crippen molar-refractivity contribution in [1.29, 1.82) is 0 Å². The third kappa shape index (κ3) is 4.53. The van der Waals surface area contributed by atoms with Crippen LogP contribution in [0.4, 0.5) is 5.69 Å². The number of rotatable bonds is 6. The van der Waals surface area contributed by atoms with E-state index in [0.717, 1.165) is 0 Å². The van der Waals surface area contributed by atoms with Gasteiger partial charge in [0.2, 0.25) is 0 Å². The van der Waals surface area contributed by atoms with E-state index in [-0.39, 0.29) is 17.7 Å². The molecule has 2 rings (SSSR count). The number of carboxylic acid groups (broad SMARTS) is 1. The van der Waals surface area contributed by atoms with E-state index in [1.165, 1.54) is 24.3 Å². The molecule has 2 aromatic carbocycles. The van der Waals surface area contributed by atoms with Gasteiger partial charge >= 0.3 is 5.97 Å². The number of carbonyl (C=O) groups is 2. The Bertz CT molecular complexity index is 759. The van der Waals surface area contributed by atoms with Crippen molar-refractivity contribution in [1.82, 2.24) is 5.32 Å². The number of carboxylic acids is 1. The van der Waals surface area contributed by atoms with Gasteiger partial charge in [-0.15, -0.1) is 0 Å². The number of nitro benzene ring substituents is 1. The van der Waals surface area contributed by atoms with Gasteiger partial charge in [-0.2, -0.15) is 0 Å². The first kappa shape index (κ1) is 17.4. The summed E-state index contributed by atoms with van der Waals surface area (Å²) in [6.07, 6.45) is -0.305. The zero-order chi connectivity index (χ0) is 17.7. The molecule has 124 valence electrons. The second-order valence-corrected chi connectivity index (χ2v) is 5.42. The van der Waals surface area contributed by atoms with Crippen molar-refractivity contribution in [3.63, 3.8) is 0 Å². The van der Waals surface area contributed by atoms with Gasteiger partial charge in [-0.3, -0.25) is 19.7 Å². The summed E-state index contributed by atoms with van der Waals surface area (Å²) in [6.45, 7) is 0. The molecule has 0 saturated carbocycles. The van der Waals surface area contributed by atoms with Gasteiger partial charge in [0.05, 0.1) is 17.4 Å². The van der Waals surface area contributed by atoms with Gasteiger partial charge in [0.1, 0.15) is 0 Å². The molecule has 0 saturated heterocycles. The monoisotopic (exact) mass is 348 g/mol. The van der Waals surface area contributed by atoms with Crippen LogP contribution in [0.15, 0.2) is 48.5 Å². The molecule has 0 aliphatic heterocycles. The number of hydrogen-bond acceptors (Lipinski definition) is 4. The largest absolute Gasteiger partial charge is 0.481 e. The lowest BCUT2D eigenvalue weighted by Crippen LogP contribution is -2.30. The molecule has 0 spiro atoms. The Morgan fingerprint density at radius 3 is 2.21 bits per heavy atom.